The van der Waals surface area contributed by atoms with Crippen LogP contribution in [-0.4, -0.2) is 31.6 Å². The van der Waals surface area contributed by atoms with Crippen LogP contribution in [-0.2, 0) is 4.79 Å². The minimum Gasteiger partial charge on any atom is -0.481 e. The Morgan fingerprint density at radius 2 is 2.05 bits per heavy atom. The number of carbonyl (C=O) groups is 1. The van der Waals surface area contributed by atoms with E-state index in [4.69, 9.17) is 5.11 Å². The zero-order chi connectivity index (χ0) is 14.1. The van der Waals surface area contributed by atoms with E-state index in [9.17, 15) is 4.79 Å². The second-order valence-corrected chi connectivity index (χ2v) is 6.47. The van der Waals surface area contributed by atoms with Gasteiger partial charge in [0.2, 0.25) is 0 Å². The molecule has 1 aliphatic carbocycles. The summed E-state index contributed by atoms with van der Waals surface area (Å²) in [4.78, 5) is 10.7. The lowest BCUT2D eigenvalue weighted by Gasteiger charge is -2.09. The molecule has 2 aromatic rings. The number of thioether (sulfide) groups is 1. The van der Waals surface area contributed by atoms with E-state index in [1.807, 2.05) is 28.8 Å². The summed E-state index contributed by atoms with van der Waals surface area (Å²) in [6.45, 7) is 0. The number of benzene rings is 1. The van der Waals surface area contributed by atoms with Crippen LogP contribution in [0.15, 0.2) is 33.9 Å². The van der Waals surface area contributed by atoms with Gasteiger partial charge in [-0.15, -0.1) is 10.2 Å². The first-order chi connectivity index (χ1) is 9.65. The molecule has 5 nitrogen and oxygen atoms in total. The minimum absolute atomic E-state index is 0.0146. The number of aliphatic carboxylic acids is 1. The van der Waals surface area contributed by atoms with Crippen LogP contribution in [0, 0.1) is 0 Å². The van der Waals surface area contributed by atoms with Gasteiger partial charge >= 0.3 is 5.97 Å². The van der Waals surface area contributed by atoms with Gasteiger partial charge in [0.1, 0.15) is 5.82 Å². The van der Waals surface area contributed by atoms with Gasteiger partial charge in [0, 0.05) is 16.1 Å². The van der Waals surface area contributed by atoms with Gasteiger partial charge in [-0.2, -0.15) is 0 Å². The highest BCUT2D eigenvalue weighted by Crippen LogP contribution is 2.41. The maximum absolute atomic E-state index is 10.7. The van der Waals surface area contributed by atoms with Gasteiger partial charge in [0.25, 0.3) is 0 Å². The maximum Gasteiger partial charge on any atom is 0.313 e. The highest BCUT2D eigenvalue weighted by atomic mass is 79.9. The molecule has 0 unspecified atom stereocenters. The third-order valence-corrected chi connectivity index (χ3v) is 4.45. The topological polar surface area (TPSA) is 68.0 Å². The fourth-order valence-corrected chi connectivity index (χ4v) is 2.88. The summed E-state index contributed by atoms with van der Waals surface area (Å²) in [7, 11) is 0. The van der Waals surface area contributed by atoms with Crippen molar-refractivity contribution < 1.29 is 9.90 Å². The molecule has 0 radical (unpaired) electrons. The van der Waals surface area contributed by atoms with E-state index in [-0.39, 0.29) is 5.75 Å². The minimum atomic E-state index is -0.853. The summed E-state index contributed by atoms with van der Waals surface area (Å²) in [6.07, 6.45) is 2.25. The Balaban J connectivity index is 1.98. The van der Waals surface area contributed by atoms with Gasteiger partial charge in [0.15, 0.2) is 5.16 Å². The number of halogens is 1. The van der Waals surface area contributed by atoms with Crippen LogP contribution in [0.1, 0.15) is 24.6 Å². The lowest BCUT2D eigenvalue weighted by atomic mass is 10.3. The Hall–Kier alpha value is -1.34. The van der Waals surface area contributed by atoms with Crippen LogP contribution in [0.2, 0.25) is 0 Å². The fraction of sp³-hybridized carbons (Fsp3) is 0.308. The summed E-state index contributed by atoms with van der Waals surface area (Å²) in [5.41, 5.74) is 0.966. The van der Waals surface area contributed by atoms with Crippen LogP contribution >= 0.6 is 27.7 Å². The van der Waals surface area contributed by atoms with E-state index in [0.29, 0.717) is 11.1 Å². The highest BCUT2D eigenvalue weighted by Gasteiger charge is 2.31. The number of aromatic nitrogens is 3. The normalized spacial score (nSPS) is 14.4. The Morgan fingerprint density at radius 3 is 2.65 bits per heavy atom. The Morgan fingerprint density at radius 1 is 1.35 bits per heavy atom. The van der Waals surface area contributed by atoms with Crippen molar-refractivity contribution in [1.29, 1.82) is 0 Å². The van der Waals surface area contributed by atoms with Crippen LogP contribution in [0.4, 0.5) is 0 Å². The standard InChI is InChI=1S/C13H12BrN3O2S/c14-9-3-5-10(6-4-9)17-12(8-1-2-8)15-16-13(17)20-7-11(18)19/h3-6,8H,1-2,7H2,(H,18,19). The molecule has 1 fully saturated rings. The molecule has 1 heterocycles. The van der Waals surface area contributed by atoms with Crippen molar-refractivity contribution in [3.63, 3.8) is 0 Å². The van der Waals surface area contributed by atoms with Crippen LogP contribution < -0.4 is 0 Å². The van der Waals surface area contributed by atoms with Crippen molar-refractivity contribution in [2.24, 2.45) is 0 Å². The van der Waals surface area contributed by atoms with Gasteiger partial charge in [-0.05, 0) is 37.1 Å². The predicted octanol–water partition coefficient (Wildman–Crippen LogP) is 3.08. The average molecular weight is 354 g/mol. The molecule has 104 valence electrons. The zero-order valence-electron chi connectivity index (χ0n) is 10.5. The summed E-state index contributed by atoms with van der Waals surface area (Å²) in [5.74, 6) is 0.512. The highest BCUT2D eigenvalue weighted by molar-refractivity contribution is 9.10. The van der Waals surface area contributed by atoms with Crippen molar-refractivity contribution in [1.82, 2.24) is 14.8 Å². The number of hydrogen-bond donors (Lipinski definition) is 1. The molecule has 1 saturated carbocycles. The zero-order valence-corrected chi connectivity index (χ0v) is 12.9. The molecule has 0 bridgehead atoms. The summed E-state index contributed by atoms with van der Waals surface area (Å²) in [6, 6.07) is 7.86. The largest absolute Gasteiger partial charge is 0.481 e. The van der Waals surface area contributed by atoms with Crippen molar-refractivity contribution in [2.45, 2.75) is 23.9 Å². The van der Waals surface area contributed by atoms with Crippen LogP contribution in [0.3, 0.4) is 0 Å². The fourth-order valence-electron chi connectivity index (χ4n) is 1.94. The molecule has 0 amide bonds. The van der Waals surface area contributed by atoms with E-state index in [0.717, 1.165) is 28.8 Å². The van der Waals surface area contributed by atoms with Crippen molar-refractivity contribution in [3.8, 4) is 5.69 Å². The molecule has 20 heavy (non-hydrogen) atoms. The van der Waals surface area contributed by atoms with Gasteiger partial charge in [-0.3, -0.25) is 9.36 Å². The number of carboxylic acids is 1. The molecule has 1 aromatic carbocycles. The molecule has 3 rings (SSSR count). The Bertz CT molecular complexity index is 638. The predicted molar refractivity (Wildman–Crippen MR) is 79.4 cm³/mol. The Labute approximate surface area is 128 Å². The lowest BCUT2D eigenvalue weighted by molar-refractivity contribution is -0.133. The maximum atomic E-state index is 10.7. The first kappa shape index (κ1) is 13.6. The molecular formula is C13H12BrN3O2S. The number of carboxylic acid groups (broad SMARTS) is 1. The van der Waals surface area contributed by atoms with Gasteiger partial charge in [0.05, 0.1) is 5.75 Å². The van der Waals surface area contributed by atoms with Crippen molar-refractivity contribution in [3.05, 3.63) is 34.6 Å². The van der Waals surface area contributed by atoms with Crippen LogP contribution in [0.25, 0.3) is 5.69 Å². The number of rotatable bonds is 5. The SMILES string of the molecule is O=C(O)CSc1nnc(C2CC2)n1-c1ccc(Br)cc1. The van der Waals surface area contributed by atoms with Crippen molar-refractivity contribution >= 4 is 33.7 Å². The molecule has 0 saturated heterocycles. The summed E-state index contributed by atoms with van der Waals surface area (Å²) < 4.78 is 2.97. The molecular weight excluding hydrogens is 342 g/mol. The third kappa shape index (κ3) is 2.88. The van der Waals surface area contributed by atoms with Crippen LogP contribution in [0.5, 0.6) is 0 Å². The van der Waals surface area contributed by atoms with E-state index >= 15 is 0 Å². The van der Waals surface area contributed by atoms with E-state index in [2.05, 4.69) is 26.1 Å². The summed E-state index contributed by atoms with van der Waals surface area (Å²) in [5, 5.41) is 17.8. The quantitative estimate of drug-likeness (QED) is 0.836. The first-order valence-electron chi connectivity index (χ1n) is 6.21. The van der Waals surface area contributed by atoms with E-state index < -0.39 is 5.97 Å². The monoisotopic (exact) mass is 353 g/mol. The van der Waals surface area contributed by atoms with Gasteiger partial charge in [-0.1, -0.05) is 27.7 Å². The second kappa shape index (κ2) is 5.57. The van der Waals surface area contributed by atoms with Gasteiger partial charge in [-0.25, -0.2) is 0 Å². The first-order valence-corrected chi connectivity index (χ1v) is 7.99. The van der Waals surface area contributed by atoms with Crippen molar-refractivity contribution in [2.75, 3.05) is 5.75 Å². The lowest BCUT2D eigenvalue weighted by Crippen LogP contribution is -2.04. The Kier molecular flexibility index (Phi) is 3.80. The molecule has 0 atom stereocenters. The van der Waals surface area contributed by atoms with E-state index in [1.54, 1.807) is 0 Å². The number of nitrogens with zero attached hydrogens (tertiary/aromatic N) is 3. The molecule has 0 spiro atoms. The van der Waals surface area contributed by atoms with Gasteiger partial charge < -0.3 is 5.11 Å². The third-order valence-electron chi connectivity index (χ3n) is 3.01. The molecule has 7 heteroatoms. The smallest absolute Gasteiger partial charge is 0.313 e. The molecule has 1 aromatic heterocycles. The molecule has 0 aliphatic heterocycles. The molecule has 1 N–H and O–H groups in total. The summed E-state index contributed by atoms with van der Waals surface area (Å²) >= 11 is 4.61. The second-order valence-electron chi connectivity index (χ2n) is 4.61. The molecule has 1 aliphatic rings. The number of hydrogen-bond acceptors (Lipinski definition) is 4. The average Bonchev–Trinajstić information content (AvgIpc) is 3.18. The van der Waals surface area contributed by atoms with E-state index in [1.165, 1.54) is 11.8 Å².